The molecule has 8 nitrogen and oxygen atoms in total. The van der Waals surface area contributed by atoms with Crippen LogP contribution in [0.5, 0.6) is 5.75 Å². The van der Waals surface area contributed by atoms with Crippen LogP contribution in [0.15, 0.2) is 77.3 Å². The highest BCUT2D eigenvalue weighted by Gasteiger charge is 2.15. The number of aromatic nitrogens is 2. The number of rotatable bonds is 9. The third kappa shape index (κ3) is 6.12. The molecule has 0 atom stereocenters. The second kappa shape index (κ2) is 11.3. The Morgan fingerprint density at radius 3 is 2.47 bits per heavy atom. The smallest absolute Gasteiger partial charge is 0.257 e. The van der Waals surface area contributed by atoms with E-state index in [9.17, 15) is 14.0 Å². The van der Waals surface area contributed by atoms with Gasteiger partial charge in [0.05, 0.1) is 7.11 Å². The van der Waals surface area contributed by atoms with Crippen LogP contribution >= 0.6 is 0 Å². The van der Waals surface area contributed by atoms with Crippen molar-refractivity contribution in [2.75, 3.05) is 20.7 Å². The summed E-state index contributed by atoms with van der Waals surface area (Å²) in [7, 11) is 3.26. The summed E-state index contributed by atoms with van der Waals surface area (Å²) < 4.78 is 23.6. The van der Waals surface area contributed by atoms with Gasteiger partial charge in [-0.25, -0.2) is 4.39 Å². The van der Waals surface area contributed by atoms with Crippen LogP contribution in [-0.4, -0.2) is 47.6 Å². The quantitative estimate of drug-likeness (QED) is 0.381. The molecule has 1 aromatic heterocycles. The fourth-order valence-corrected chi connectivity index (χ4v) is 3.49. The lowest BCUT2D eigenvalue weighted by Crippen LogP contribution is -2.29. The maximum atomic E-state index is 13.1. The number of methoxy groups -OCH3 is 1. The predicted molar refractivity (Wildman–Crippen MR) is 131 cm³/mol. The fraction of sp³-hybridized carbons (Fsp3) is 0.185. The van der Waals surface area contributed by atoms with Crippen molar-refractivity contribution in [1.29, 1.82) is 0 Å². The summed E-state index contributed by atoms with van der Waals surface area (Å²) in [6.07, 6.45) is 0.387. The van der Waals surface area contributed by atoms with Crippen LogP contribution in [0.3, 0.4) is 0 Å². The minimum Gasteiger partial charge on any atom is -0.497 e. The van der Waals surface area contributed by atoms with E-state index in [1.165, 1.54) is 29.2 Å². The minimum absolute atomic E-state index is 0.204. The molecule has 0 aliphatic heterocycles. The lowest BCUT2D eigenvalue weighted by Gasteiger charge is -2.16. The molecule has 0 saturated heterocycles. The first-order valence-corrected chi connectivity index (χ1v) is 11.3. The van der Waals surface area contributed by atoms with E-state index >= 15 is 0 Å². The average Bonchev–Trinajstić information content (AvgIpc) is 3.39. The number of carbonyl (C=O) groups excluding carboxylic acids is 2. The summed E-state index contributed by atoms with van der Waals surface area (Å²) >= 11 is 0. The monoisotopic (exact) mass is 488 g/mol. The molecule has 4 rings (SSSR count). The maximum absolute atomic E-state index is 13.1. The van der Waals surface area contributed by atoms with E-state index in [2.05, 4.69) is 15.5 Å². The number of amides is 2. The number of benzene rings is 3. The van der Waals surface area contributed by atoms with Gasteiger partial charge in [-0.2, -0.15) is 4.98 Å². The van der Waals surface area contributed by atoms with E-state index in [0.29, 0.717) is 47.9 Å². The van der Waals surface area contributed by atoms with Gasteiger partial charge in [0.25, 0.3) is 17.7 Å². The molecule has 1 N–H and O–H groups in total. The summed E-state index contributed by atoms with van der Waals surface area (Å²) in [6, 6.07) is 19.8. The van der Waals surface area contributed by atoms with Crippen LogP contribution in [0.25, 0.3) is 11.5 Å². The first kappa shape index (κ1) is 24.6. The molecule has 184 valence electrons. The number of carbonyl (C=O) groups is 2. The molecule has 0 aliphatic carbocycles. The summed E-state index contributed by atoms with van der Waals surface area (Å²) in [5.41, 5.74) is 2.51. The van der Waals surface area contributed by atoms with Gasteiger partial charge in [-0.3, -0.25) is 9.59 Å². The second-order valence-electron chi connectivity index (χ2n) is 8.11. The first-order valence-electron chi connectivity index (χ1n) is 11.3. The zero-order valence-corrected chi connectivity index (χ0v) is 19.9. The van der Waals surface area contributed by atoms with Crippen LogP contribution < -0.4 is 10.1 Å². The molecule has 2 amide bonds. The standard InChI is InChI=1S/C27H25FN4O4/c1-32(27(34)21-10-12-22(28)13-11-21)15-14-24-30-26(36-31-24)20-8-6-19(7-9-20)25(33)29-17-18-4-3-5-23(16-18)35-2/h3-13,16H,14-15,17H2,1-2H3,(H,29,33). The normalized spacial score (nSPS) is 10.6. The third-order valence-corrected chi connectivity index (χ3v) is 5.56. The van der Waals surface area contributed by atoms with Crippen molar-refractivity contribution in [3.05, 3.63) is 101 Å². The molecule has 1 heterocycles. The van der Waals surface area contributed by atoms with E-state index < -0.39 is 5.82 Å². The lowest BCUT2D eigenvalue weighted by atomic mass is 10.1. The Hall–Kier alpha value is -4.53. The largest absolute Gasteiger partial charge is 0.497 e. The summed E-state index contributed by atoms with van der Waals surface area (Å²) in [6.45, 7) is 0.741. The molecular weight excluding hydrogens is 463 g/mol. The molecule has 0 fully saturated rings. The highest BCUT2D eigenvalue weighted by atomic mass is 19.1. The van der Waals surface area contributed by atoms with E-state index in [0.717, 1.165) is 11.3 Å². The maximum Gasteiger partial charge on any atom is 0.257 e. The van der Waals surface area contributed by atoms with Gasteiger partial charge in [-0.1, -0.05) is 17.3 Å². The molecule has 3 aromatic carbocycles. The fourth-order valence-electron chi connectivity index (χ4n) is 3.49. The predicted octanol–water partition coefficient (Wildman–Crippen LogP) is 4.13. The summed E-state index contributed by atoms with van der Waals surface area (Å²) in [5, 5.41) is 6.86. The molecule has 0 aliphatic rings. The topological polar surface area (TPSA) is 97.6 Å². The van der Waals surface area contributed by atoms with Gasteiger partial charge in [-0.05, 0) is 66.2 Å². The molecular formula is C27H25FN4O4. The van der Waals surface area contributed by atoms with Crippen molar-refractivity contribution in [2.45, 2.75) is 13.0 Å². The zero-order chi connectivity index (χ0) is 25.5. The van der Waals surface area contributed by atoms with Crippen LogP contribution in [0.4, 0.5) is 4.39 Å². The summed E-state index contributed by atoms with van der Waals surface area (Å²) in [4.78, 5) is 30.9. The van der Waals surface area contributed by atoms with Crippen molar-refractivity contribution in [3.8, 4) is 17.2 Å². The highest BCUT2D eigenvalue weighted by molar-refractivity contribution is 5.94. The Bertz CT molecular complexity index is 1340. The molecule has 0 spiro atoms. The number of likely N-dealkylation sites (N-methyl/N-ethyl adjacent to an activating group) is 1. The van der Waals surface area contributed by atoms with E-state index in [1.807, 2.05) is 24.3 Å². The lowest BCUT2D eigenvalue weighted by molar-refractivity contribution is 0.0795. The Labute approximate surface area is 207 Å². The molecule has 9 heteroatoms. The first-order chi connectivity index (χ1) is 17.4. The van der Waals surface area contributed by atoms with Gasteiger partial charge in [0.15, 0.2) is 5.82 Å². The average molecular weight is 489 g/mol. The molecule has 36 heavy (non-hydrogen) atoms. The van der Waals surface area contributed by atoms with Crippen LogP contribution in [0.2, 0.25) is 0 Å². The number of hydrogen-bond acceptors (Lipinski definition) is 6. The van der Waals surface area contributed by atoms with Crippen molar-refractivity contribution >= 4 is 11.8 Å². The van der Waals surface area contributed by atoms with Gasteiger partial charge in [0, 0.05) is 43.2 Å². The second-order valence-corrected chi connectivity index (χ2v) is 8.11. The number of ether oxygens (including phenoxy) is 1. The van der Waals surface area contributed by atoms with Gasteiger partial charge >= 0.3 is 0 Å². The van der Waals surface area contributed by atoms with E-state index in [-0.39, 0.29) is 11.8 Å². The van der Waals surface area contributed by atoms with Gasteiger partial charge < -0.3 is 19.5 Å². The summed E-state index contributed by atoms with van der Waals surface area (Å²) in [5.74, 6) is 0.680. The SMILES string of the molecule is COc1cccc(CNC(=O)c2ccc(-c3nc(CCN(C)C(=O)c4ccc(F)cc4)no3)cc2)c1. The third-order valence-electron chi connectivity index (χ3n) is 5.56. The molecule has 0 saturated carbocycles. The van der Waals surface area contributed by atoms with Gasteiger partial charge in [0.2, 0.25) is 0 Å². The Balaban J connectivity index is 1.31. The van der Waals surface area contributed by atoms with Crippen molar-refractivity contribution in [2.24, 2.45) is 0 Å². The number of halogens is 1. The molecule has 0 radical (unpaired) electrons. The van der Waals surface area contributed by atoms with Crippen molar-refractivity contribution in [3.63, 3.8) is 0 Å². The van der Waals surface area contributed by atoms with Crippen LogP contribution in [0.1, 0.15) is 32.1 Å². The Morgan fingerprint density at radius 1 is 1.03 bits per heavy atom. The molecule has 0 bridgehead atoms. The van der Waals surface area contributed by atoms with Crippen LogP contribution in [-0.2, 0) is 13.0 Å². The number of hydrogen-bond donors (Lipinski definition) is 1. The zero-order valence-electron chi connectivity index (χ0n) is 19.9. The number of nitrogens with one attached hydrogen (secondary N) is 1. The van der Waals surface area contributed by atoms with E-state index in [4.69, 9.17) is 9.26 Å². The molecule has 0 unspecified atom stereocenters. The van der Waals surface area contributed by atoms with Crippen LogP contribution in [0, 0.1) is 5.82 Å². The Kier molecular flexibility index (Phi) is 7.69. The molecule has 4 aromatic rings. The minimum atomic E-state index is -0.393. The number of nitrogens with zero attached hydrogens (tertiary/aromatic N) is 3. The van der Waals surface area contributed by atoms with Crippen molar-refractivity contribution in [1.82, 2.24) is 20.4 Å². The van der Waals surface area contributed by atoms with Gasteiger partial charge in [0.1, 0.15) is 11.6 Å². The Morgan fingerprint density at radius 2 is 1.75 bits per heavy atom. The van der Waals surface area contributed by atoms with Gasteiger partial charge in [-0.15, -0.1) is 0 Å². The van der Waals surface area contributed by atoms with Crippen molar-refractivity contribution < 1.29 is 23.2 Å². The highest BCUT2D eigenvalue weighted by Crippen LogP contribution is 2.19. The van der Waals surface area contributed by atoms with E-state index in [1.54, 1.807) is 38.4 Å².